The van der Waals surface area contributed by atoms with Crippen molar-refractivity contribution < 1.29 is 9.59 Å². The van der Waals surface area contributed by atoms with Gasteiger partial charge in [0.1, 0.15) is 0 Å². The van der Waals surface area contributed by atoms with E-state index in [0.717, 1.165) is 11.3 Å². The molecule has 1 spiro atoms. The van der Waals surface area contributed by atoms with Gasteiger partial charge >= 0.3 is 6.03 Å². The minimum atomic E-state index is -0.963. The van der Waals surface area contributed by atoms with E-state index in [0.29, 0.717) is 6.42 Å². The predicted molar refractivity (Wildman–Crippen MR) is 56.2 cm³/mol. The summed E-state index contributed by atoms with van der Waals surface area (Å²) in [6.07, 6.45) is 5.83. The Morgan fingerprint density at radius 3 is 3.00 bits per heavy atom. The second-order valence-corrected chi connectivity index (χ2v) is 3.86. The number of nitrogens with one attached hydrogen (secondary N) is 2. The Balaban J connectivity index is 2.21. The molecule has 2 heterocycles. The molecule has 0 aromatic carbocycles. The molecule has 5 nitrogen and oxygen atoms in total. The van der Waals surface area contributed by atoms with Crippen LogP contribution in [0.1, 0.15) is 17.7 Å². The maximum Gasteiger partial charge on any atom is 0.322 e. The molecule has 2 N–H and O–H groups in total. The van der Waals surface area contributed by atoms with Crippen LogP contribution in [0.5, 0.6) is 0 Å². The number of rotatable bonds is 0. The van der Waals surface area contributed by atoms with Crippen LogP contribution in [-0.4, -0.2) is 16.9 Å². The van der Waals surface area contributed by atoms with Gasteiger partial charge in [-0.25, -0.2) is 4.79 Å². The van der Waals surface area contributed by atoms with Gasteiger partial charge in [0.05, 0.1) is 5.69 Å². The molecule has 1 aromatic rings. The topological polar surface area (TPSA) is 71.1 Å². The number of hydrogen-bond acceptors (Lipinski definition) is 3. The van der Waals surface area contributed by atoms with Gasteiger partial charge in [-0.05, 0) is 12.1 Å². The van der Waals surface area contributed by atoms with E-state index < -0.39 is 11.6 Å². The van der Waals surface area contributed by atoms with Gasteiger partial charge < -0.3 is 5.32 Å². The largest absolute Gasteiger partial charge is 0.322 e. The van der Waals surface area contributed by atoms with Crippen LogP contribution >= 0.6 is 0 Å². The standard InChI is InChI=1S/C11H9N3O2/c15-9-11(14-10(16)13-9)5-1-4-8-7(11)3-2-6-12-8/h1-4,6H,5H2,(H2,13,14,15,16). The SMILES string of the molecule is O=C1NC(=O)C2(CC=Cc3ncccc32)N1. The molecule has 3 amide bonds. The molecule has 0 bridgehead atoms. The van der Waals surface area contributed by atoms with E-state index in [1.807, 2.05) is 18.2 Å². The number of fused-ring (bicyclic) bond motifs is 2. The van der Waals surface area contributed by atoms with Crippen LogP contribution in [0.3, 0.4) is 0 Å². The van der Waals surface area contributed by atoms with E-state index >= 15 is 0 Å². The Bertz CT molecular complexity index is 524. The first-order valence-corrected chi connectivity index (χ1v) is 4.98. The summed E-state index contributed by atoms with van der Waals surface area (Å²) < 4.78 is 0. The second kappa shape index (κ2) is 2.91. The van der Waals surface area contributed by atoms with E-state index in [4.69, 9.17) is 0 Å². The number of urea groups is 1. The molecule has 1 unspecified atom stereocenters. The molecule has 0 radical (unpaired) electrons. The van der Waals surface area contributed by atoms with E-state index in [2.05, 4.69) is 15.6 Å². The number of imide groups is 1. The van der Waals surface area contributed by atoms with Crippen LogP contribution in [0.4, 0.5) is 4.79 Å². The molecule has 1 aliphatic carbocycles. The summed E-state index contributed by atoms with van der Waals surface area (Å²) in [6, 6.07) is 3.13. The fourth-order valence-electron chi connectivity index (χ4n) is 2.19. The van der Waals surface area contributed by atoms with E-state index in [1.54, 1.807) is 12.3 Å². The fraction of sp³-hybridized carbons (Fsp3) is 0.182. The Hall–Kier alpha value is -2.17. The summed E-state index contributed by atoms with van der Waals surface area (Å²) in [5.74, 6) is -0.309. The quantitative estimate of drug-likeness (QED) is 0.620. The van der Waals surface area contributed by atoms with Crippen LogP contribution in [0.2, 0.25) is 0 Å². The highest BCUT2D eigenvalue weighted by molar-refractivity contribution is 6.08. The lowest BCUT2D eigenvalue weighted by molar-refractivity contribution is -0.124. The normalized spacial score (nSPS) is 26.5. The monoisotopic (exact) mass is 215 g/mol. The predicted octanol–water partition coefficient (Wildman–Crippen LogP) is 0.533. The van der Waals surface area contributed by atoms with Gasteiger partial charge in [0.15, 0.2) is 5.54 Å². The van der Waals surface area contributed by atoms with Crippen LogP contribution in [0, 0.1) is 0 Å². The molecule has 3 rings (SSSR count). The lowest BCUT2D eigenvalue weighted by Gasteiger charge is -2.28. The highest BCUT2D eigenvalue weighted by Crippen LogP contribution is 2.34. The van der Waals surface area contributed by atoms with Crippen LogP contribution in [0.25, 0.3) is 6.08 Å². The molecular weight excluding hydrogens is 206 g/mol. The average Bonchev–Trinajstić information content (AvgIpc) is 2.55. The number of carbonyl (C=O) groups excluding carboxylic acids is 2. The molecule has 2 aliphatic rings. The van der Waals surface area contributed by atoms with E-state index in [9.17, 15) is 9.59 Å². The minimum absolute atomic E-state index is 0.309. The number of amides is 3. The molecule has 1 aromatic heterocycles. The third-order valence-electron chi connectivity index (χ3n) is 2.94. The number of aromatic nitrogens is 1. The van der Waals surface area contributed by atoms with Crippen molar-refractivity contribution in [3.63, 3.8) is 0 Å². The summed E-state index contributed by atoms with van der Waals surface area (Å²) in [4.78, 5) is 27.3. The summed E-state index contributed by atoms with van der Waals surface area (Å²) >= 11 is 0. The molecule has 1 atom stereocenters. The minimum Gasteiger partial charge on any atom is -0.319 e. The van der Waals surface area contributed by atoms with Gasteiger partial charge in [0, 0.05) is 18.2 Å². The van der Waals surface area contributed by atoms with Crippen LogP contribution in [0.15, 0.2) is 24.4 Å². The molecule has 1 aliphatic heterocycles. The van der Waals surface area contributed by atoms with Crippen molar-refractivity contribution in [1.29, 1.82) is 0 Å². The Kier molecular flexibility index (Phi) is 1.65. The van der Waals surface area contributed by atoms with Gasteiger partial charge in [0.25, 0.3) is 5.91 Å². The first-order chi connectivity index (χ1) is 7.72. The first kappa shape index (κ1) is 9.08. The summed E-state index contributed by atoms with van der Waals surface area (Å²) in [5.41, 5.74) is 0.516. The third kappa shape index (κ3) is 1.02. The first-order valence-electron chi connectivity index (χ1n) is 4.98. The molecule has 1 fully saturated rings. The molecule has 80 valence electrons. The van der Waals surface area contributed by atoms with Gasteiger partial charge in [-0.15, -0.1) is 0 Å². The van der Waals surface area contributed by atoms with Gasteiger partial charge in [-0.1, -0.05) is 12.1 Å². The Morgan fingerprint density at radius 2 is 2.25 bits per heavy atom. The van der Waals surface area contributed by atoms with Gasteiger partial charge in [0.2, 0.25) is 0 Å². The Labute approximate surface area is 91.6 Å². The van der Waals surface area contributed by atoms with Crippen molar-refractivity contribution in [3.05, 3.63) is 35.7 Å². The van der Waals surface area contributed by atoms with E-state index in [1.165, 1.54) is 0 Å². The number of pyridine rings is 1. The highest BCUT2D eigenvalue weighted by Gasteiger charge is 2.49. The van der Waals surface area contributed by atoms with Crippen LogP contribution < -0.4 is 10.6 Å². The van der Waals surface area contributed by atoms with Gasteiger partial charge in [-0.3, -0.25) is 15.1 Å². The van der Waals surface area contributed by atoms with Crippen molar-refractivity contribution in [2.75, 3.05) is 0 Å². The zero-order valence-electron chi connectivity index (χ0n) is 8.36. The zero-order valence-corrected chi connectivity index (χ0v) is 8.36. The van der Waals surface area contributed by atoms with Crippen LogP contribution in [-0.2, 0) is 10.3 Å². The van der Waals surface area contributed by atoms with Crippen molar-refractivity contribution >= 4 is 18.0 Å². The highest BCUT2D eigenvalue weighted by atomic mass is 16.2. The fourth-order valence-corrected chi connectivity index (χ4v) is 2.19. The Morgan fingerprint density at radius 1 is 1.38 bits per heavy atom. The lowest BCUT2D eigenvalue weighted by atomic mass is 9.82. The zero-order chi connectivity index (χ0) is 11.2. The maximum absolute atomic E-state index is 11.9. The average molecular weight is 215 g/mol. The van der Waals surface area contributed by atoms with Crippen molar-refractivity contribution in [3.8, 4) is 0 Å². The third-order valence-corrected chi connectivity index (χ3v) is 2.94. The maximum atomic E-state index is 11.9. The molecule has 0 saturated carbocycles. The van der Waals surface area contributed by atoms with Crippen molar-refractivity contribution in [2.45, 2.75) is 12.0 Å². The number of hydrogen-bond donors (Lipinski definition) is 2. The molecular formula is C11H9N3O2. The smallest absolute Gasteiger partial charge is 0.319 e. The summed E-state index contributed by atoms with van der Waals surface area (Å²) in [5, 5.41) is 4.95. The number of carbonyl (C=O) groups is 2. The molecule has 1 saturated heterocycles. The molecule has 16 heavy (non-hydrogen) atoms. The summed E-state index contributed by atoms with van der Waals surface area (Å²) in [6.45, 7) is 0. The number of nitrogens with zero attached hydrogens (tertiary/aromatic N) is 1. The van der Waals surface area contributed by atoms with Crippen molar-refractivity contribution in [1.82, 2.24) is 15.6 Å². The van der Waals surface area contributed by atoms with E-state index in [-0.39, 0.29) is 5.91 Å². The lowest BCUT2D eigenvalue weighted by Crippen LogP contribution is -2.45. The van der Waals surface area contributed by atoms with Gasteiger partial charge in [-0.2, -0.15) is 0 Å². The summed E-state index contributed by atoms with van der Waals surface area (Å²) in [7, 11) is 0. The molecule has 5 heteroatoms. The van der Waals surface area contributed by atoms with Crippen molar-refractivity contribution in [2.24, 2.45) is 0 Å². The second-order valence-electron chi connectivity index (χ2n) is 3.86.